The van der Waals surface area contributed by atoms with Gasteiger partial charge in [-0.2, -0.15) is 4.98 Å². The highest BCUT2D eigenvalue weighted by atomic mass is 16.5. The van der Waals surface area contributed by atoms with E-state index in [-0.39, 0.29) is 11.8 Å². The number of hydrogen-bond acceptors (Lipinski definition) is 5. The Morgan fingerprint density at radius 3 is 3.00 bits per heavy atom. The number of carbonyl (C=O) groups is 1. The molecule has 1 aromatic heterocycles. The number of aryl methyl sites for hydroxylation is 1. The molecule has 1 aliphatic heterocycles. The molecule has 1 saturated heterocycles. The Labute approximate surface area is 100 Å². The van der Waals surface area contributed by atoms with Crippen molar-refractivity contribution in [1.82, 2.24) is 20.8 Å². The van der Waals surface area contributed by atoms with Gasteiger partial charge in [-0.05, 0) is 19.4 Å². The fraction of sp³-hybridized carbons (Fsp3) is 0.727. The molecular formula is C11H18N4O2. The third-order valence-electron chi connectivity index (χ3n) is 3.06. The van der Waals surface area contributed by atoms with E-state index < -0.39 is 0 Å². The van der Waals surface area contributed by atoms with E-state index >= 15 is 0 Å². The van der Waals surface area contributed by atoms with Crippen LogP contribution in [0.4, 0.5) is 0 Å². The normalized spacial score (nSPS) is 23.9. The van der Waals surface area contributed by atoms with E-state index in [0.717, 1.165) is 13.1 Å². The smallest absolute Gasteiger partial charge is 0.228 e. The van der Waals surface area contributed by atoms with Crippen molar-refractivity contribution in [1.29, 1.82) is 0 Å². The summed E-state index contributed by atoms with van der Waals surface area (Å²) in [6.07, 6.45) is 0.584. The topological polar surface area (TPSA) is 80.0 Å². The fourth-order valence-electron chi connectivity index (χ4n) is 2.03. The minimum absolute atomic E-state index is 0.0828. The zero-order valence-electron chi connectivity index (χ0n) is 10.2. The Kier molecular flexibility index (Phi) is 3.73. The summed E-state index contributed by atoms with van der Waals surface area (Å²) >= 11 is 0. The van der Waals surface area contributed by atoms with Crippen LogP contribution in [0.1, 0.15) is 18.6 Å². The van der Waals surface area contributed by atoms with Crippen LogP contribution in [0.2, 0.25) is 0 Å². The minimum atomic E-state index is 0.0828. The molecule has 0 bridgehead atoms. The summed E-state index contributed by atoms with van der Waals surface area (Å²) in [5, 5.41) is 9.81. The molecule has 94 valence electrons. The maximum Gasteiger partial charge on any atom is 0.228 e. The van der Waals surface area contributed by atoms with Crippen LogP contribution in [-0.2, 0) is 11.2 Å². The van der Waals surface area contributed by atoms with Crippen molar-refractivity contribution in [2.24, 2.45) is 11.8 Å². The number of amides is 1. The van der Waals surface area contributed by atoms with Gasteiger partial charge in [-0.15, -0.1) is 0 Å². The van der Waals surface area contributed by atoms with Gasteiger partial charge in [0.1, 0.15) is 0 Å². The summed E-state index contributed by atoms with van der Waals surface area (Å²) in [4.78, 5) is 15.9. The van der Waals surface area contributed by atoms with Gasteiger partial charge < -0.3 is 15.2 Å². The third kappa shape index (κ3) is 3.03. The van der Waals surface area contributed by atoms with Crippen molar-refractivity contribution >= 4 is 5.91 Å². The molecule has 1 aliphatic rings. The maximum atomic E-state index is 11.8. The van der Waals surface area contributed by atoms with Crippen LogP contribution in [0.25, 0.3) is 0 Å². The Balaban J connectivity index is 1.73. The molecule has 6 nitrogen and oxygen atoms in total. The van der Waals surface area contributed by atoms with Crippen molar-refractivity contribution < 1.29 is 9.32 Å². The fourth-order valence-corrected chi connectivity index (χ4v) is 2.03. The lowest BCUT2D eigenvalue weighted by Gasteiger charge is -2.13. The Hall–Kier alpha value is -1.43. The number of aromatic nitrogens is 2. The minimum Gasteiger partial charge on any atom is -0.355 e. The number of hydrogen-bond donors (Lipinski definition) is 2. The average Bonchev–Trinajstić information content (AvgIpc) is 2.87. The molecule has 2 rings (SSSR count). The summed E-state index contributed by atoms with van der Waals surface area (Å²) in [6, 6.07) is 0. The summed E-state index contributed by atoms with van der Waals surface area (Å²) in [5.41, 5.74) is 0. The van der Waals surface area contributed by atoms with Gasteiger partial charge in [0, 0.05) is 19.5 Å². The van der Waals surface area contributed by atoms with Gasteiger partial charge >= 0.3 is 0 Å². The van der Waals surface area contributed by atoms with Crippen LogP contribution in [0, 0.1) is 18.8 Å². The van der Waals surface area contributed by atoms with E-state index in [4.69, 9.17) is 4.52 Å². The quantitative estimate of drug-likeness (QED) is 0.765. The average molecular weight is 238 g/mol. The molecule has 1 amide bonds. The predicted molar refractivity (Wildman–Crippen MR) is 61.3 cm³/mol. The SMILES string of the molecule is Cc1noc(CCNC(=O)C2CNCC2C)n1. The molecule has 0 aromatic carbocycles. The van der Waals surface area contributed by atoms with Gasteiger partial charge in [0.2, 0.25) is 11.8 Å². The zero-order chi connectivity index (χ0) is 12.3. The van der Waals surface area contributed by atoms with Crippen LogP contribution in [0.15, 0.2) is 4.52 Å². The second-order valence-corrected chi connectivity index (χ2v) is 4.52. The standard InChI is InChI=1S/C11H18N4O2/c1-7-5-12-6-9(7)11(16)13-4-3-10-14-8(2)15-17-10/h7,9,12H,3-6H2,1-2H3,(H,13,16). The Morgan fingerprint density at radius 2 is 2.41 bits per heavy atom. The van der Waals surface area contributed by atoms with Gasteiger partial charge in [-0.25, -0.2) is 0 Å². The summed E-state index contributed by atoms with van der Waals surface area (Å²) in [7, 11) is 0. The van der Waals surface area contributed by atoms with Gasteiger partial charge in [-0.1, -0.05) is 12.1 Å². The monoisotopic (exact) mass is 238 g/mol. The lowest BCUT2D eigenvalue weighted by molar-refractivity contribution is -0.125. The molecule has 6 heteroatoms. The van der Waals surface area contributed by atoms with Crippen molar-refractivity contribution in [3.8, 4) is 0 Å². The van der Waals surface area contributed by atoms with Crippen LogP contribution in [0.5, 0.6) is 0 Å². The van der Waals surface area contributed by atoms with Gasteiger partial charge in [0.25, 0.3) is 0 Å². The number of nitrogens with zero attached hydrogens (tertiary/aromatic N) is 2. The lowest BCUT2D eigenvalue weighted by atomic mass is 9.97. The van der Waals surface area contributed by atoms with E-state index in [1.807, 2.05) is 0 Å². The molecule has 0 spiro atoms. The molecular weight excluding hydrogens is 220 g/mol. The third-order valence-corrected chi connectivity index (χ3v) is 3.06. The van der Waals surface area contributed by atoms with Gasteiger partial charge in [-0.3, -0.25) is 4.79 Å². The Morgan fingerprint density at radius 1 is 1.59 bits per heavy atom. The first-order chi connectivity index (χ1) is 8.16. The maximum absolute atomic E-state index is 11.8. The van der Waals surface area contributed by atoms with E-state index in [0.29, 0.717) is 30.6 Å². The highest BCUT2D eigenvalue weighted by Gasteiger charge is 2.29. The first kappa shape index (κ1) is 12.0. The zero-order valence-corrected chi connectivity index (χ0v) is 10.2. The van der Waals surface area contributed by atoms with Crippen LogP contribution >= 0.6 is 0 Å². The molecule has 1 aromatic rings. The van der Waals surface area contributed by atoms with E-state index in [1.54, 1.807) is 6.92 Å². The lowest BCUT2D eigenvalue weighted by Crippen LogP contribution is -2.35. The molecule has 0 saturated carbocycles. The summed E-state index contributed by atoms with van der Waals surface area (Å²) in [6.45, 7) is 6.10. The first-order valence-corrected chi connectivity index (χ1v) is 5.94. The highest BCUT2D eigenvalue weighted by molar-refractivity contribution is 5.79. The second kappa shape index (κ2) is 5.27. The molecule has 0 aliphatic carbocycles. The summed E-state index contributed by atoms with van der Waals surface area (Å²) in [5.74, 6) is 1.79. The van der Waals surface area contributed by atoms with Crippen LogP contribution in [0.3, 0.4) is 0 Å². The molecule has 2 heterocycles. The van der Waals surface area contributed by atoms with Crippen molar-refractivity contribution in [3.63, 3.8) is 0 Å². The highest BCUT2D eigenvalue weighted by Crippen LogP contribution is 2.15. The second-order valence-electron chi connectivity index (χ2n) is 4.52. The van der Waals surface area contributed by atoms with Gasteiger partial charge in [0.15, 0.2) is 5.82 Å². The molecule has 0 radical (unpaired) electrons. The molecule has 2 atom stereocenters. The number of nitrogens with one attached hydrogen (secondary N) is 2. The molecule has 2 N–H and O–H groups in total. The molecule has 2 unspecified atom stereocenters. The predicted octanol–water partition coefficient (Wildman–Crippen LogP) is -0.108. The molecule has 17 heavy (non-hydrogen) atoms. The summed E-state index contributed by atoms with van der Waals surface area (Å²) < 4.78 is 4.97. The van der Waals surface area contributed by atoms with Crippen molar-refractivity contribution in [2.45, 2.75) is 20.3 Å². The van der Waals surface area contributed by atoms with E-state index in [2.05, 4.69) is 27.7 Å². The Bertz CT molecular complexity index is 391. The molecule has 1 fully saturated rings. The van der Waals surface area contributed by atoms with E-state index in [9.17, 15) is 4.79 Å². The van der Waals surface area contributed by atoms with Crippen LogP contribution < -0.4 is 10.6 Å². The largest absolute Gasteiger partial charge is 0.355 e. The number of rotatable bonds is 4. The van der Waals surface area contributed by atoms with Crippen LogP contribution in [-0.4, -0.2) is 35.7 Å². The van der Waals surface area contributed by atoms with Crippen molar-refractivity contribution in [3.05, 3.63) is 11.7 Å². The van der Waals surface area contributed by atoms with E-state index in [1.165, 1.54) is 0 Å². The van der Waals surface area contributed by atoms with Gasteiger partial charge in [0.05, 0.1) is 5.92 Å². The number of carbonyl (C=O) groups excluding carboxylic acids is 1. The van der Waals surface area contributed by atoms with Crippen molar-refractivity contribution in [2.75, 3.05) is 19.6 Å². The first-order valence-electron chi connectivity index (χ1n) is 5.94.